The van der Waals surface area contributed by atoms with E-state index in [1.165, 1.54) is 0 Å². The highest BCUT2D eigenvalue weighted by Crippen LogP contribution is 2.03. The number of carboxylic acids is 1. The molecule has 0 aromatic rings. The number of carbonyl (C=O) groups excluding carboxylic acids is 1. The normalized spacial score (nSPS) is 14.2. The van der Waals surface area contributed by atoms with Crippen LogP contribution in [0.15, 0.2) is 0 Å². The molecule has 16 heavy (non-hydrogen) atoms. The molecule has 0 aromatic carbocycles. The fourth-order valence-corrected chi connectivity index (χ4v) is 1.15. The van der Waals surface area contributed by atoms with Gasteiger partial charge in [-0.3, -0.25) is 4.79 Å². The minimum Gasteiger partial charge on any atom is -0.480 e. The number of amides is 1. The van der Waals surface area contributed by atoms with Crippen LogP contribution in [-0.4, -0.2) is 41.3 Å². The second kappa shape index (κ2) is 8.06. The van der Waals surface area contributed by atoms with Crippen LogP contribution in [0.2, 0.25) is 0 Å². The predicted molar refractivity (Wildman–Crippen MR) is 58.7 cm³/mol. The number of aliphatic hydroxyl groups is 1. The maximum Gasteiger partial charge on any atom is 0.326 e. The molecular weight excluding hydrogens is 212 g/mol. The molecule has 0 aromatic heterocycles. The number of hydrogen-bond acceptors (Lipinski definition) is 4. The Morgan fingerprint density at radius 1 is 1.38 bits per heavy atom. The number of carbonyl (C=O) groups is 2. The van der Waals surface area contributed by atoms with Crippen molar-refractivity contribution in [2.24, 2.45) is 11.7 Å². The average molecular weight is 232 g/mol. The maximum absolute atomic E-state index is 11.4. The quantitative estimate of drug-likeness (QED) is 0.442. The van der Waals surface area contributed by atoms with E-state index in [2.05, 4.69) is 5.32 Å². The van der Waals surface area contributed by atoms with Gasteiger partial charge >= 0.3 is 5.97 Å². The van der Waals surface area contributed by atoms with E-state index < -0.39 is 12.0 Å². The summed E-state index contributed by atoms with van der Waals surface area (Å²) in [6, 6.07) is -1.01. The molecule has 2 atom stereocenters. The van der Waals surface area contributed by atoms with Gasteiger partial charge in [0, 0.05) is 19.4 Å². The van der Waals surface area contributed by atoms with E-state index in [9.17, 15) is 9.59 Å². The Balaban J connectivity index is 3.95. The lowest BCUT2D eigenvalue weighted by atomic mass is 10.1. The van der Waals surface area contributed by atoms with E-state index in [0.717, 1.165) is 0 Å². The van der Waals surface area contributed by atoms with Crippen LogP contribution in [0.4, 0.5) is 0 Å². The van der Waals surface area contributed by atoms with Gasteiger partial charge in [-0.15, -0.1) is 0 Å². The van der Waals surface area contributed by atoms with E-state index in [0.29, 0.717) is 13.0 Å². The van der Waals surface area contributed by atoms with Gasteiger partial charge in [0.25, 0.3) is 0 Å². The van der Waals surface area contributed by atoms with Gasteiger partial charge in [0.05, 0.1) is 0 Å². The number of rotatable bonds is 8. The minimum absolute atomic E-state index is 0.0213. The fourth-order valence-electron chi connectivity index (χ4n) is 1.15. The van der Waals surface area contributed by atoms with Gasteiger partial charge < -0.3 is 21.3 Å². The first kappa shape index (κ1) is 14.9. The zero-order valence-corrected chi connectivity index (χ0v) is 9.48. The molecule has 0 fully saturated rings. The molecule has 0 aliphatic carbocycles. The molecule has 0 spiro atoms. The number of aliphatic hydroxyl groups excluding tert-OH is 1. The van der Waals surface area contributed by atoms with Crippen LogP contribution >= 0.6 is 0 Å². The van der Waals surface area contributed by atoms with Crippen molar-refractivity contribution in [1.29, 1.82) is 0 Å². The molecular formula is C10H20N2O4. The van der Waals surface area contributed by atoms with Crippen molar-refractivity contribution in [3.8, 4) is 0 Å². The SMILES string of the molecule is CC(CN)CCC(=O)NC(CCO)C(=O)O. The molecule has 6 nitrogen and oxygen atoms in total. The van der Waals surface area contributed by atoms with Crippen molar-refractivity contribution < 1.29 is 19.8 Å². The van der Waals surface area contributed by atoms with Crippen LogP contribution in [0, 0.1) is 5.92 Å². The van der Waals surface area contributed by atoms with E-state index in [1.807, 2.05) is 6.92 Å². The minimum atomic E-state index is -1.13. The van der Waals surface area contributed by atoms with E-state index >= 15 is 0 Å². The Hall–Kier alpha value is -1.14. The lowest BCUT2D eigenvalue weighted by Gasteiger charge is -2.14. The molecule has 0 saturated heterocycles. The Morgan fingerprint density at radius 2 is 2.00 bits per heavy atom. The van der Waals surface area contributed by atoms with Gasteiger partial charge in [0.15, 0.2) is 0 Å². The third-order valence-corrected chi connectivity index (χ3v) is 2.32. The molecule has 6 heteroatoms. The lowest BCUT2D eigenvalue weighted by molar-refractivity contribution is -0.142. The molecule has 5 N–H and O–H groups in total. The van der Waals surface area contributed by atoms with Crippen LogP contribution < -0.4 is 11.1 Å². The van der Waals surface area contributed by atoms with Crippen molar-refractivity contribution in [3.63, 3.8) is 0 Å². The van der Waals surface area contributed by atoms with Crippen molar-refractivity contribution in [2.45, 2.75) is 32.2 Å². The highest BCUT2D eigenvalue weighted by atomic mass is 16.4. The number of nitrogens with two attached hydrogens (primary N) is 1. The average Bonchev–Trinajstić information content (AvgIpc) is 2.25. The van der Waals surface area contributed by atoms with E-state index in [4.69, 9.17) is 15.9 Å². The molecule has 94 valence electrons. The topological polar surface area (TPSA) is 113 Å². The van der Waals surface area contributed by atoms with Crippen molar-refractivity contribution >= 4 is 11.9 Å². The second-order valence-electron chi connectivity index (χ2n) is 3.85. The Bertz CT molecular complexity index is 233. The number of nitrogens with one attached hydrogen (secondary N) is 1. The van der Waals surface area contributed by atoms with Crippen LogP contribution in [0.1, 0.15) is 26.2 Å². The van der Waals surface area contributed by atoms with E-state index in [1.54, 1.807) is 0 Å². The standard InChI is InChI=1S/C10H20N2O4/c1-7(6-11)2-3-9(14)12-8(4-5-13)10(15)16/h7-8,13H,2-6,11H2,1H3,(H,12,14)(H,15,16). The van der Waals surface area contributed by atoms with Crippen LogP contribution in [0.5, 0.6) is 0 Å². The fraction of sp³-hybridized carbons (Fsp3) is 0.800. The van der Waals surface area contributed by atoms with Crippen LogP contribution in [0.3, 0.4) is 0 Å². The summed E-state index contributed by atoms with van der Waals surface area (Å²) in [5.74, 6) is -1.21. The molecule has 0 rings (SSSR count). The third kappa shape index (κ3) is 6.36. The largest absolute Gasteiger partial charge is 0.480 e. The highest BCUT2D eigenvalue weighted by molar-refractivity contribution is 5.83. The van der Waals surface area contributed by atoms with Gasteiger partial charge in [-0.05, 0) is 18.9 Å². The third-order valence-electron chi connectivity index (χ3n) is 2.32. The smallest absolute Gasteiger partial charge is 0.326 e. The molecule has 0 heterocycles. The Labute approximate surface area is 94.8 Å². The predicted octanol–water partition coefficient (Wildman–Crippen LogP) is -0.687. The van der Waals surface area contributed by atoms with Gasteiger partial charge in [-0.2, -0.15) is 0 Å². The molecule has 0 aliphatic heterocycles. The van der Waals surface area contributed by atoms with Gasteiger partial charge in [-0.25, -0.2) is 4.79 Å². The summed E-state index contributed by atoms with van der Waals surface area (Å²) in [5.41, 5.74) is 5.40. The zero-order chi connectivity index (χ0) is 12.6. The second-order valence-corrected chi connectivity index (χ2v) is 3.85. The summed E-state index contributed by atoms with van der Waals surface area (Å²) in [5, 5.41) is 19.7. The molecule has 1 amide bonds. The summed E-state index contributed by atoms with van der Waals surface area (Å²) in [4.78, 5) is 22.0. The molecule has 0 radical (unpaired) electrons. The summed E-state index contributed by atoms with van der Waals surface area (Å²) < 4.78 is 0. The summed E-state index contributed by atoms with van der Waals surface area (Å²) in [6.45, 7) is 2.17. The van der Waals surface area contributed by atoms with Crippen LogP contribution in [-0.2, 0) is 9.59 Å². The molecule has 0 aliphatic rings. The number of aliphatic carboxylic acids is 1. The summed E-state index contributed by atoms with van der Waals surface area (Å²) in [6.07, 6.45) is 0.912. The Kier molecular flexibility index (Phi) is 7.49. The van der Waals surface area contributed by atoms with Crippen molar-refractivity contribution in [1.82, 2.24) is 5.32 Å². The maximum atomic E-state index is 11.4. The Morgan fingerprint density at radius 3 is 2.44 bits per heavy atom. The molecule has 0 saturated carbocycles. The van der Waals surface area contributed by atoms with Gasteiger partial charge in [0.2, 0.25) is 5.91 Å². The first-order chi connectivity index (χ1) is 7.51. The number of carboxylic acid groups (broad SMARTS) is 1. The van der Waals surface area contributed by atoms with E-state index in [-0.39, 0.29) is 31.3 Å². The summed E-state index contributed by atoms with van der Waals surface area (Å²) in [7, 11) is 0. The van der Waals surface area contributed by atoms with Crippen molar-refractivity contribution in [2.75, 3.05) is 13.2 Å². The first-order valence-electron chi connectivity index (χ1n) is 5.34. The number of hydrogen-bond donors (Lipinski definition) is 4. The van der Waals surface area contributed by atoms with Gasteiger partial charge in [-0.1, -0.05) is 6.92 Å². The molecule has 0 bridgehead atoms. The first-order valence-corrected chi connectivity index (χ1v) is 5.34. The van der Waals surface area contributed by atoms with Crippen molar-refractivity contribution in [3.05, 3.63) is 0 Å². The highest BCUT2D eigenvalue weighted by Gasteiger charge is 2.19. The van der Waals surface area contributed by atoms with Crippen LogP contribution in [0.25, 0.3) is 0 Å². The monoisotopic (exact) mass is 232 g/mol. The molecule has 2 unspecified atom stereocenters. The lowest BCUT2D eigenvalue weighted by Crippen LogP contribution is -2.41. The zero-order valence-electron chi connectivity index (χ0n) is 9.48. The van der Waals surface area contributed by atoms with Gasteiger partial charge in [0.1, 0.15) is 6.04 Å². The summed E-state index contributed by atoms with van der Waals surface area (Å²) >= 11 is 0.